The summed E-state index contributed by atoms with van der Waals surface area (Å²) in [5, 5.41) is 8.59. The van der Waals surface area contributed by atoms with Gasteiger partial charge in [-0.15, -0.1) is 5.10 Å². The second-order valence-electron chi connectivity index (χ2n) is 12.2. The summed E-state index contributed by atoms with van der Waals surface area (Å²) in [4.78, 5) is 12.0. The van der Waals surface area contributed by atoms with Gasteiger partial charge in [-0.05, 0) is 92.7 Å². The first-order chi connectivity index (χ1) is 18.2. The molecule has 0 amide bonds. The van der Waals surface area contributed by atoms with Gasteiger partial charge in [0.2, 0.25) is 0 Å². The molecule has 0 aliphatic carbocycles. The summed E-state index contributed by atoms with van der Waals surface area (Å²) in [6.07, 6.45) is 6.56. The molecule has 0 unspecified atom stereocenters. The molecule has 2 rings (SSSR count). The standard InChI is InChI=1S/C30H48BN3O5/c1-9-11-27(35)38-25-14-13-23(21-31)20-26(25)36-18-10-12-24-22-34(33-32-24)17-15-29(5,6)37-19-16-30(7,8)39-28(2,3)4/h13-14,20,22H,9-12,15-19,21H2,1-8H3. The van der Waals surface area contributed by atoms with Crippen LogP contribution in [0.25, 0.3) is 0 Å². The van der Waals surface area contributed by atoms with Crippen LogP contribution in [0.1, 0.15) is 98.8 Å². The van der Waals surface area contributed by atoms with Gasteiger partial charge in [0.15, 0.2) is 11.5 Å². The number of nitrogens with zero attached hydrogens (tertiary/aromatic N) is 3. The first kappa shape index (κ1) is 32.8. The number of rotatable bonds is 17. The zero-order chi connectivity index (χ0) is 29.1. The molecule has 216 valence electrons. The minimum absolute atomic E-state index is 0.183. The van der Waals surface area contributed by atoms with Gasteiger partial charge in [0, 0.05) is 19.2 Å². The summed E-state index contributed by atoms with van der Waals surface area (Å²) in [7, 11) is 5.77. The van der Waals surface area contributed by atoms with Crippen molar-refractivity contribution in [3.8, 4) is 11.5 Å². The van der Waals surface area contributed by atoms with Gasteiger partial charge in [0.05, 0.1) is 43.6 Å². The third-order valence-corrected chi connectivity index (χ3v) is 6.07. The highest BCUT2D eigenvalue weighted by atomic mass is 16.6. The van der Waals surface area contributed by atoms with E-state index in [9.17, 15) is 4.79 Å². The number of aryl methyl sites for hydroxylation is 2. The SMILES string of the molecule is [B]Cc1ccc(OC(=O)CCC)c(OCCCc2cn(CCC(C)(C)OCCC(C)(C)OC(C)(C)C)nn2)c1. The Morgan fingerprint density at radius 2 is 1.74 bits per heavy atom. The van der Waals surface area contributed by atoms with E-state index in [0.717, 1.165) is 49.9 Å². The summed E-state index contributed by atoms with van der Waals surface area (Å²) in [5.41, 5.74) is 1.11. The number of benzene rings is 1. The van der Waals surface area contributed by atoms with Crippen molar-refractivity contribution in [1.82, 2.24) is 15.0 Å². The van der Waals surface area contributed by atoms with Gasteiger partial charge < -0.3 is 18.9 Å². The summed E-state index contributed by atoms with van der Waals surface area (Å²) in [5.74, 6) is 0.680. The average Bonchev–Trinajstić information content (AvgIpc) is 3.27. The monoisotopic (exact) mass is 541 g/mol. The molecule has 39 heavy (non-hydrogen) atoms. The Bertz CT molecular complexity index is 1030. The lowest BCUT2D eigenvalue weighted by atomic mass is 9.97. The highest BCUT2D eigenvalue weighted by molar-refractivity contribution is 6.08. The number of hydrogen-bond acceptors (Lipinski definition) is 7. The lowest BCUT2D eigenvalue weighted by Crippen LogP contribution is -2.37. The molecule has 0 bridgehead atoms. The van der Waals surface area contributed by atoms with Crippen molar-refractivity contribution in [1.29, 1.82) is 0 Å². The zero-order valence-electron chi connectivity index (χ0n) is 25.3. The Morgan fingerprint density at radius 3 is 2.41 bits per heavy atom. The molecule has 9 heteroatoms. The van der Waals surface area contributed by atoms with E-state index in [-0.39, 0.29) is 22.8 Å². The van der Waals surface area contributed by atoms with Crippen LogP contribution in [-0.2, 0) is 33.6 Å². The van der Waals surface area contributed by atoms with E-state index in [4.69, 9.17) is 26.8 Å². The molecular formula is C30H48BN3O5. The van der Waals surface area contributed by atoms with Crippen LogP contribution in [0.15, 0.2) is 24.4 Å². The van der Waals surface area contributed by atoms with Crippen molar-refractivity contribution in [3.05, 3.63) is 35.7 Å². The number of carbonyl (C=O) groups is 1. The van der Waals surface area contributed by atoms with E-state index in [0.29, 0.717) is 37.5 Å². The average molecular weight is 542 g/mol. The number of carbonyl (C=O) groups excluding carboxylic acids is 1. The summed E-state index contributed by atoms with van der Waals surface area (Å²) >= 11 is 0. The lowest BCUT2D eigenvalue weighted by molar-refractivity contribution is -0.134. The van der Waals surface area contributed by atoms with Gasteiger partial charge in [-0.2, -0.15) is 0 Å². The molecule has 0 saturated carbocycles. The Kier molecular flexibility index (Phi) is 12.5. The normalized spacial score (nSPS) is 12.5. The van der Waals surface area contributed by atoms with Gasteiger partial charge in [-0.1, -0.05) is 30.1 Å². The van der Waals surface area contributed by atoms with E-state index in [1.54, 1.807) is 6.07 Å². The molecule has 0 N–H and O–H groups in total. The molecule has 0 atom stereocenters. The second kappa shape index (κ2) is 14.8. The second-order valence-corrected chi connectivity index (χ2v) is 12.2. The number of esters is 1. The number of aromatic nitrogens is 3. The maximum absolute atomic E-state index is 12.0. The molecule has 0 spiro atoms. The van der Waals surface area contributed by atoms with Crippen LogP contribution in [0.4, 0.5) is 0 Å². The molecule has 2 radical (unpaired) electrons. The molecule has 0 saturated heterocycles. The summed E-state index contributed by atoms with van der Waals surface area (Å²) in [6, 6.07) is 5.41. The predicted molar refractivity (Wildman–Crippen MR) is 154 cm³/mol. The molecule has 2 aromatic rings. The van der Waals surface area contributed by atoms with Crippen molar-refractivity contribution in [3.63, 3.8) is 0 Å². The Morgan fingerprint density at radius 1 is 1.00 bits per heavy atom. The molecule has 1 heterocycles. The van der Waals surface area contributed by atoms with Crippen molar-refractivity contribution >= 4 is 13.8 Å². The molecule has 0 aliphatic heterocycles. The highest BCUT2D eigenvalue weighted by Gasteiger charge is 2.27. The highest BCUT2D eigenvalue weighted by Crippen LogP contribution is 2.29. The third kappa shape index (κ3) is 13.0. The zero-order valence-corrected chi connectivity index (χ0v) is 25.3. The largest absolute Gasteiger partial charge is 0.490 e. The van der Waals surface area contributed by atoms with E-state index >= 15 is 0 Å². The fourth-order valence-corrected chi connectivity index (χ4v) is 4.16. The molecule has 8 nitrogen and oxygen atoms in total. The Labute approximate surface area is 236 Å². The quantitative estimate of drug-likeness (QED) is 0.108. The van der Waals surface area contributed by atoms with E-state index in [2.05, 4.69) is 58.8 Å². The van der Waals surface area contributed by atoms with Crippen LogP contribution in [0.5, 0.6) is 11.5 Å². The number of ether oxygens (including phenoxy) is 4. The molecule has 1 aromatic carbocycles. The van der Waals surface area contributed by atoms with Gasteiger partial charge in [-0.3, -0.25) is 9.48 Å². The Balaban J connectivity index is 1.78. The topological polar surface area (TPSA) is 84.7 Å². The van der Waals surface area contributed by atoms with E-state index < -0.39 is 0 Å². The van der Waals surface area contributed by atoms with Crippen LogP contribution in [0, 0.1) is 0 Å². The van der Waals surface area contributed by atoms with Gasteiger partial charge >= 0.3 is 5.97 Å². The Hall–Kier alpha value is -2.39. The minimum Gasteiger partial charge on any atom is -0.490 e. The van der Waals surface area contributed by atoms with E-state index in [1.807, 2.05) is 29.9 Å². The van der Waals surface area contributed by atoms with Crippen LogP contribution < -0.4 is 9.47 Å². The van der Waals surface area contributed by atoms with Crippen molar-refractivity contribution in [2.45, 2.75) is 124 Å². The number of hydrogen-bond donors (Lipinski definition) is 0. The first-order valence-corrected chi connectivity index (χ1v) is 14.1. The van der Waals surface area contributed by atoms with Crippen LogP contribution in [-0.4, -0.2) is 58.8 Å². The van der Waals surface area contributed by atoms with Gasteiger partial charge in [0.1, 0.15) is 0 Å². The molecule has 0 fully saturated rings. The fraction of sp³-hybridized carbons (Fsp3) is 0.700. The van der Waals surface area contributed by atoms with Gasteiger partial charge in [-0.25, -0.2) is 0 Å². The third-order valence-electron chi connectivity index (χ3n) is 6.07. The minimum atomic E-state index is -0.284. The van der Waals surface area contributed by atoms with Crippen molar-refractivity contribution < 1.29 is 23.7 Å². The first-order valence-electron chi connectivity index (χ1n) is 14.1. The lowest BCUT2D eigenvalue weighted by Gasteiger charge is -2.35. The van der Waals surface area contributed by atoms with Crippen LogP contribution in [0.2, 0.25) is 0 Å². The maximum atomic E-state index is 12.0. The predicted octanol–water partition coefficient (Wildman–Crippen LogP) is 5.83. The van der Waals surface area contributed by atoms with Crippen LogP contribution in [0.3, 0.4) is 0 Å². The molecule has 0 aliphatic rings. The van der Waals surface area contributed by atoms with E-state index in [1.165, 1.54) is 0 Å². The van der Waals surface area contributed by atoms with Crippen molar-refractivity contribution in [2.24, 2.45) is 0 Å². The summed E-state index contributed by atoms with van der Waals surface area (Å²) in [6.45, 7) is 18.4. The molecular weight excluding hydrogens is 493 g/mol. The fourth-order valence-electron chi connectivity index (χ4n) is 4.16. The smallest absolute Gasteiger partial charge is 0.311 e. The van der Waals surface area contributed by atoms with Crippen LogP contribution >= 0.6 is 0 Å². The van der Waals surface area contributed by atoms with Gasteiger partial charge in [0.25, 0.3) is 0 Å². The summed E-state index contributed by atoms with van der Waals surface area (Å²) < 4.78 is 25.6. The molecule has 1 aromatic heterocycles. The van der Waals surface area contributed by atoms with Crippen molar-refractivity contribution in [2.75, 3.05) is 13.2 Å². The maximum Gasteiger partial charge on any atom is 0.311 e.